The number of unbranched alkanes of at least 4 members (excludes halogenated alkanes) is 1. The molecular weight excluding hydrogens is 636 g/mol. The molecule has 5 N–H and O–H groups in total. The molecule has 1 atom stereocenters. The second-order valence-corrected chi connectivity index (χ2v) is 11.3. The van der Waals surface area contributed by atoms with Crippen LogP contribution in [-0.4, -0.2) is 158 Å². The van der Waals surface area contributed by atoms with Gasteiger partial charge in [-0.15, -0.1) is 0 Å². The summed E-state index contributed by atoms with van der Waals surface area (Å²) >= 11 is 0. The van der Waals surface area contributed by atoms with Gasteiger partial charge in [-0.25, -0.2) is 0 Å². The Labute approximate surface area is 275 Å². The molecule has 48 heavy (non-hydrogen) atoms. The summed E-state index contributed by atoms with van der Waals surface area (Å²) in [7, 11) is 0. The average Bonchev–Trinajstić information content (AvgIpc) is 3.29. The van der Waals surface area contributed by atoms with Crippen molar-refractivity contribution >= 4 is 47.4 Å². The normalized spacial score (nSPS) is 13.4. The first kappa shape index (κ1) is 39.2. The van der Waals surface area contributed by atoms with Crippen LogP contribution < -0.4 is 0 Å². The van der Waals surface area contributed by atoms with Gasteiger partial charge in [0.2, 0.25) is 0 Å². The lowest BCUT2D eigenvalue weighted by atomic mass is 9.99. The average molecular weight is 677 g/mol. The van der Waals surface area contributed by atoms with Crippen LogP contribution in [0.4, 0.5) is 0 Å². The van der Waals surface area contributed by atoms with E-state index in [0.717, 1.165) is 9.80 Å². The fourth-order valence-electron chi connectivity index (χ4n) is 5.20. The van der Waals surface area contributed by atoms with Crippen molar-refractivity contribution in [1.29, 1.82) is 0 Å². The van der Waals surface area contributed by atoms with E-state index in [9.17, 15) is 53.7 Å². The number of rotatable bonds is 25. The third-order valence-electron chi connectivity index (χ3n) is 7.35. The Morgan fingerprint density at radius 1 is 0.625 bits per heavy atom. The maximum Gasteiger partial charge on any atom is 0.317 e. The van der Waals surface area contributed by atoms with Crippen LogP contribution in [0.3, 0.4) is 0 Å². The first-order valence-corrected chi connectivity index (χ1v) is 15.0. The van der Waals surface area contributed by atoms with Crippen molar-refractivity contribution in [2.45, 2.75) is 38.1 Å². The van der Waals surface area contributed by atoms with E-state index in [1.165, 1.54) is 22.0 Å². The van der Waals surface area contributed by atoms with E-state index in [0.29, 0.717) is 24.0 Å². The van der Waals surface area contributed by atoms with Crippen LogP contribution in [0.1, 0.15) is 30.4 Å². The molecule has 0 saturated heterocycles. The number of carboxylic acid groups (broad SMARTS) is 5. The summed E-state index contributed by atoms with van der Waals surface area (Å²) in [4.78, 5) is 97.8. The second-order valence-electron chi connectivity index (χ2n) is 11.3. The van der Waals surface area contributed by atoms with Crippen LogP contribution in [0.5, 0.6) is 0 Å². The summed E-state index contributed by atoms with van der Waals surface area (Å²) in [6.45, 7) is -3.34. The molecule has 1 aliphatic heterocycles. The van der Waals surface area contributed by atoms with Gasteiger partial charge in [-0.3, -0.25) is 58.0 Å². The summed E-state index contributed by atoms with van der Waals surface area (Å²) in [5.74, 6) is -7.29. The number of benzene rings is 1. The number of Topliss-reactive ketones (excluding diaryl/α,β-unsaturated/α-hetero) is 1. The van der Waals surface area contributed by atoms with Crippen molar-refractivity contribution in [1.82, 2.24) is 19.6 Å². The molecule has 0 unspecified atom stereocenters. The van der Waals surface area contributed by atoms with E-state index >= 15 is 0 Å². The number of carbonyl (C=O) groups is 8. The number of amides is 2. The first-order valence-electron chi connectivity index (χ1n) is 15.0. The van der Waals surface area contributed by atoms with Gasteiger partial charge in [0.25, 0.3) is 11.8 Å². The zero-order valence-electron chi connectivity index (χ0n) is 26.2. The zero-order valence-corrected chi connectivity index (χ0v) is 26.2. The molecule has 262 valence electrons. The predicted octanol–water partition coefficient (Wildman–Crippen LogP) is -0.866. The fraction of sp³-hybridized carbons (Fsp3) is 0.484. The standard InChI is InChI=1S/C31H40N4O13/c36-24(3-1-2-10-35-25(37)8-9-26(35)38)14-22-6-4-21(5-7-22)13-23(34(19-30(45)46)20-31(47)48)15-32(16-27(39)40)11-12-33(17-28(41)42)18-29(43)44/h4-9,23H,1-3,10-20H2,(H,39,40)(H,41,42)(H,43,44)(H,45,46)(H,47,48)/t23-/m1/s1. The molecule has 0 radical (unpaired) electrons. The number of carboxylic acids is 5. The van der Waals surface area contributed by atoms with Crippen LogP contribution in [0.25, 0.3) is 0 Å². The third kappa shape index (κ3) is 15.1. The van der Waals surface area contributed by atoms with Gasteiger partial charge >= 0.3 is 29.8 Å². The molecule has 0 bridgehead atoms. The fourth-order valence-corrected chi connectivity index (χ4v) is 5.20. The topological polar surface area (TPSA) is 251 Å². The number of aliphatic carboxylic acids is 5. The van der Waals surface area contributed by atoms with Crippen molar-refractivity contribution in [2.24, 2.45) is 0 Å². The van der Waals surface area contributed by atoms with Gasteiger partial charge in [0.15, 0.2) is 0 Å². The first-order chi connectivity index (χ1) is 22.6. The highest BCUT2D eigenvalue weighted by Gasteiger charge is 2.27. The monoisotopic (exact) mass is 676 g/mol. The molecule has 1 aliphatic rings. The van der Waals surface area contributed by atoms with E-state index in [2.05, 4.69) is 0 Å². The highest BCUT2D eigenvalue weighted by Crippen LogP contribution is 2.15. The second kappa shape index (κ2) is 19.6. The number of ketones is 1. The van der Waals surface area contributed by atoms with Gasteiger partial charge in [-0.1, -0.05) is 24.3 Å². The summed E-state index contributed by atoms with van der Waals surface area (Å²) in [5, 5.41) is 46.7. The molecule has 2 amide bonds. The van der Waals surface area contributed by atoms with Crippen molar-refractivity contribution < 1.29 is 63.9 Å². The molecule has 0 aliphatic carbocycles. The SMILES string of the molecule is O=C(O)CN(CCN(CC(=O)O)C[C@@H](Cc1ccc(CC(=O)CCCCN2C(=O)C=CC2=O)cc1)N(CC(=O)O)CC(=O)O)CC(=O)O. The van der Waals surface area contributed by atoms with Gasteiger partial charge in [0.05, 0.1) is 32.7 Å². The van der Waals surface area contributed by atoms with E-state index in [1.807, 2.05) is 0 Å². The molecule has 0 saturated carbocycles. The molecule has 0 fully saturated rings. The third-order valence-corrected chi connectivity index (χ3v) is 7.35. The van der Waals surface area contributed by atoms with Crippen molar-refractivity contribution in [3.63, 3.8) is 0 Å². The minimum Gasteiger partial charge on any atom is -0.480 e. The minimum absolute atomic E-state index is 0.0592. The highest BCUT2D eigenvalue weighted by molar-refractivity contribution is 6.12. The van der Waals surface area contributed by atoms with Crippen LogP contribution >= 0.6 is 0 Å². The number of imide groups is 1. The molecular formula is C31H40N4O13. The quantitative estimate of drug-likeness (QED) is 0.0624. The number of hydrogen-bond acceptors (Lipinski definition) is 11. The Bertz CT molecular complexity index is 1330. The Morgan fingerprint density at radius 3 is 1.58 bits per heavy atom. The lowest BCUT2D eigenvalue weighted by Gasteiger charge is -2.34. The maximum absolute atomic E-state index is 12.5. The number of hydrogen-bond donors (Lipinski definition) is 5. The molecule has 1 aromatic rings. The number of nitrogens with zero attached hydrogens (tertiary/aromatic N) is 4. The molecule has 1 aromatic carbocycles. The van der Waals surface area contributed by atoms with Gasteiger partial charge in [0, 0.05) is 57.2 Å². The lowest BCUT2D eigenvalue weighted by Crippen LogP contribution is -2.51. The van der Waals surface area contributed by atoms with Crippen LogP contribution in [0, 0.1) is 0 Å². The highest BCUT2D eigenvalue weighted by atomic mass is 16.4. The van der Waals surface area contributed by atoms with E-state index in [4.69, 9.17) is 10.2 Å². The molecule has 2 rings (SSSR count). The van der Waals surface area contributed by atoms with Gasteiger partial charge in [0.1, 0.15) is 5.78 Å². The van der Waals surface area contributed by atoms with Gasteiger partial charge in [-0.2, -0.15) is 0 Å². The van der Waals surface area contributed by atoms with Crippen molar-refractivity contribution in [3.8, 4) is 0 Å². The van der Waals surface area contributed by atoms with Crippen molar-refractivity contribution in [2.75, 3.05) is 58.9 Å². The largest absolute Gasteiger partial charge is 0.480 e. The Balaban J connectivity index is 2.13. The van der Waals surface area contributed by atoms with Gasteiger partial charge in [-0.05, 0) is 30.4 Å². The van der Waals surface area contributed by atoms with Crippen molar-refractivity contribution in [3.05, 3.63) is 47.5 Å². The van der Waals surface area contributed by atoms with Crippen LogP contribution in [-0.2, 0) is 51.2 Å². The summed E-state index contributed by atoms with van der Waals surface area (Å²) < 4.78 is 0. The van der Waals surface area contributed by atoms with E-state index < -0.39 is 68.6 Å². The smallest absolute Gasteiger partial charge is 0.317 e. The zero-order chi connectivity index (χ0) is 35.8. The summed E-state index contributed by atoms with van der Waals surface area (Å²) in [6, 6.07) is 5.93. The Hall–Kier alpha value is -5.00. The molecule has 17 nitrogen and oxygen atoms in total. The maximum atomic E-state index is 12.5. The summed E-state index contributed by atoms with van der Waals surface area (Å²) in [5.41, 5.74) is 1.32. The molecule has 0 aromatic heterocycles. The van der Waals surface area contributed by atoms with E-state index in [-0.39, 0.29) is 63.0 Å². The predicted molar refractivity (Wildman–Crippen MR) is 165 cm³/mol. The van der Waals surface area contributed by atoms with Crippen LogP contribution in [0.2, 0.25) is 0 Å². The van der Waals surface area contributed by atoms with Crippen LogP contribution in [0.15, 0.2) is 36.4 Å². The summed E-state index contributed by atoms with van der Waals surface area (Å²) in [6.07, 6.45) is 3.80. The molecule has 0 spiro atoms. The molecule has 1 heterocycles. The minimum atomic E-state index is -1.32. The Morgan fingerprint density at radius 2 is 1.08 bits per heavy atom. The van der Waals surface area contributed by atoms with E-state index in [1.54, 1.807) is 24.3 Å². The molecule has 17 heteroatoms. The Kier molecular flexibility index (Phi) is 16.0. The lowest BCUT2D eigenvalue weighted by molar-refractivity contribution is -0.144. The number of carbonyl (C=O) groups excluding carboxylic acids is 3. The van der Waals surface area contributed by atoms with Gasteiger partial charge < -0.3 is 25.5 Å².